The molecule has 1 aliphatic rings. The van der Waals surface area contributed by atoms with E-state index in [1.54, 1.807) is 0 Å². The Morgan fingerprint density at radius 1 is 1.26 bits per heavy atom. The van der Waals surface area contributed by atoms with Crippen LogP contribution in [-0.4, -0.2) is 18.3 Å². The zero-order valence-electron chi connectivity index (χ0n) is 10.9. The van der Waals surface area contributed by atoms with Crippen molar-refractivity contribution in [3.8, 4) is 0 Å². The van der Waals surface area contributed by atoms with Gasteiger partial charge in [-0.05, 0) is 59.4 Å². The number of amides is 1. The second kappa shape index (κ2) is 7.48. The zero-order chi connectivity index (χ0) is 13.7. The second-order valence-corrected chi connectivity index (χ2v) is 6.62. The molecule has 0 saturated heterocycles. The van der Waals surface area contributed by atoms with Crippen LogP contribution < -0.4 is 5.32 Å². The first kappa shape index (κ1) is 15.1. The summed E-state index contributed by atoms with van der Waals surface area (Å²) < 4.78 is 0.995. The van der Waals surface area contributed by atoms with Gasteiger partial charge in [-0.25, -0.2) is 0 Å². The molecule has 4 heteroatoms. The van der Waals surface area contributed by atoms with Gasteiger partial charge in [-0.2, -0.15) is 0 Å². The number of carbonyl (C=O) groups is 1. The number of rotatable bonds is 4. The first-order valence-electron chi connectivity index (χ1n) is 6.81. The van der Waals surface area contributed by atoms with E-state index in [0.717, 1.165) is 15.7 Å². The van der Waals surface area contributed by atoms with Crippen molar-refractivity contribution in [3.05, 3.63) is 33.4 Å². The standard InChI is InChI=1S/C15H19ClINO/c16-9-11-5-1-2-6-12(11)10-18-15(19)13-7-3-4-8-14(13)17/h3-4,7-8,11-12H,1-2,5-6,9-10H2,(H,18,19). The Bertz CT molecular complexity index is 438. The van der Waals surface area contributed by atoms with Crippen LogP contribution in [0.5, 0.6) is 0 Å². The van der Waals surface area contributed by atoms with Gasteiger partial charge in [0, 0.05) is 16.0 Å². The van der Waals surface area contributed by atoms with Crippen molar-refractivity contribution in [2.45, 2.75) is 25.7 Å². The lowest BCUT2D eigenvalue weighted by atomic mass is 9.80. The lowest BCUT2D eigenvalue weighted by Crippen LogP contribution is -2.35. The summed E-state index contributed by atoms with van der Waals surface area (Å²) in [6.07, 6.45) is 4.92. The molecule has 1 aromatic rings. The molecule has 19 heavy (non-hydrogen) atoms. The molecular weight excluding hydrogens is 373 g/mol. The predicted molar refractivity (Wildman–Crippen MR) is 87.7 cm³/mol. The SMILES string of the molecule is O=C(NCC1CCCCC1CCl)c1ccccc1I. The Morgan fingerprint density at radius 2 is 1.95 bits per heavy atom. The smallest absolute Gasteiger partial charge is 0.252 e. The molecule has 104 valence electrons. The maximum Gasteiger partial charge on any atom is 0.252 e. The molecular formula is C15H19ClINO. The summed E-state index contributed by atoms with van der Waals surface area (Å²) in [6.45, 7) is 0.751. The van der Waals surface area contributed by atoms with E-state index in [0.29, 0.717) is 17.7 Å². The molecule has 1 saturated carbocycles. The molecule has 0 bridgehead atoms. The van der Waals surface area contributed by atoms with Crippen molar-refractivity contribution in [2.24, 2.45) is 11.8 Å². The molecule has 2 nitrogen and oxygen atoms in total. The van der Waals surface area contributed by atoms with Crippen LogP contribution in [0.4, 0.5) is 0 Å². The highest BCUT2D eigenvalue weighted by Gasteiger charge is 2.24. The molecule has 1 fully saturated rings. The maximum atomic E-state index is 12.2. The van der Waals surface area contributed by atoms with Gasteiger partial charge < -0.3 is 5.32 Å². The number of nitrogens with one attached hydrogen (secondary N) is 1. The average molecular weight is 392 g/mol. The summed E-state index contributed by atoms with van der Waals surface area (Å²) in [4.78, 5) is 12.2. The van der Waals surface area contributed by atoms with Crippen molar-refractivity contribution in [3.63, 3.8) is 0 Å². The van der Waals surface area contributed by atoms with Crippen LogP contribution in [0.3, 0.4) is 0 Å². The van der Waals surface area contributed by atoms with E-state index in [-0.39, 0.29) is 5.91 Å². The molecule has 1 aromatic carbocycles. The van der Waals surface area contributed by atoms with Crippen molar-refractivity contribution in [1.82, 2.24) is 5.32 Å². The Morgan fingerprint density at radius 3 is 2.63 bits per heavy atom. The highest BCUT2D eigenvalue weighted by molar-refractivity contribution is 14.1. The third-order valence-electron chi connectivity index (χ3n) is 3.91. The molecule has 2 rings (SSSR count). The normalized spacial score (nSPS) is 23.1. The minimum absolute atomic E-state index is 0.0314. The van der Waals surface area contributed by atoms with E-state index < -0.39 is 0 Å². The van der Waals surface area contributed by atoms with E-state index in [9.17, 15) is 4.79 Å². The summed E-state index contributed by atoms with van der Waals surface area (Å²) in [6, 6.07) is 7.68. The Labute approximate surface area is 133 Å². The monoisotopic (exact) mass is 391 g/mol. The Balaban J connectivity index is 1.91. The number of benzene rings is 1. The van der Waals surface area contributed by atoms with E-state index >= 15 is 0 Å². The van der Waals surface area contributed by atoms with Crippen LogP contribution in [0.15, 0.2) is 24.3 Å². The lowest BCUT2D eigenvalue weighted by Gasteiger charge is -2.30. The van der Waals surface area contributed by atoms with E-state index in [2.05, 4.69) is 27.9 Å². The summed E-state index contributed by atoms with van der Waals surface area (Å²) in [5.41, 5.74) is 0.765. The first-order chi connectivity index (χ1) is 9.22. The minimum atomic E-state index is 0.0314. The third-order valence-corrected chi connectivity index (χ3v) is 5.25. The zero-order valence-corrected chi connectivity index (χ0v) is 13.8. The molecule has 0 aromatic heterocycles. The quantitative estimate of drug-likeness (QED) is 0.608. The molecule has 2 unspecified atom stereocenters. The minimum Gasteiger partial charge on any atom is -0.352 e. The number of hydrogen-bond donors (Lipinski definition) is 1. The highest BCUT2D eigenvalue weighted by Crippen LogP contribution is 2.30. The largest absolute Gasteiger partial charge is 0.352 e. The summed E-state index contributed by atoms with van der Waals surface area (Å²) in [7, 11) is 0. The molecule has 0 aliphatic heterocycles. The summed E-state index contributed by atoms with van der Waals surface area (Å²) in [5.74, 6) is 1.84. The molecule has 0 spiro atoms. The Hall–Kier alpha value is -0.290. The van der Waals surface area contributed by atoms with Crippen LogP contribution >= 0.6 is 34.2 Å². The van der Waals surface area contributed by atoms with Crippen LogP contribution in [0.25, 0.3) is 0 Å². The lowest BCUT2D eigenvalue weighted by molar-refractivity contribution is 0.0936. The fourth-order valence-corrected chi connectivity index (χ4v) is 3.76. The number of halogens is 2. The van der Waals surface area contributed by atoms with Gasteiger partial charge in [0.2, 0.25) is 0 Å². The predicted octanol–water partition coefficient (Wildman–Crippen LogP) is 4.07. The van der Waals surface area contributed by atoms with Gasteiger partial charge >= 0.3 is 0 Å². The molecule has 0 heterocycles. The third kappa shape index (κ3) is 4.09. The van der Waals surface area contributed by atoms with Gasteiger partial charge in [0.1, 0.15) is 0 Å². The van der Waals surface area contributed by atoms with E-state index in [1.165, 1.54) is 25.7 Å². The number of carbonyl (C=O) groups excluding carboxylic acids is 1. The fraction of sp³-hybridized carbons (Fsp3) is 0.533. The Kier molecular flexibility index (Phi) is 5.95. The molecule has 1 amide bonds. The maximum absolute atomic E-state index is 12.2. The molecule has 1 aliphatic carbocycles. The van der Waals surface area contributed by atoms with Crippen molar-refractivity contribution in [2.75, 3.05) is 12.4 Å². The molecule has 1 N–H and O–H groups in total. The van der Waals surface area contributed by atoms with Gasteiger partial charge in [-0.15, -0.1) is 11.6 Å². The number of hydrogen-bond acceptors (Lipinski definition) is 1. The van der Waals surface area contributed by atoms with Crippen molar-refractivity contribution < 1.29 is 4.79 Å². The van der Waals surface area contributed by atoms with Gasteiger partial charge in [0.05, 0.1) is 5.56 Å². The van der Waals surface area contributed by atoms with Crippen molar-refractivity contribution in [1.29, 1.82) is 0 Å². The van der Waals surface area contributed by atoms with Crippen molar-refractivity contribution >= 4 is 40.1 Å². The van der Waals surface area contributed by atoms with Gasteiger partial charge in [0.15, 0.2) is 0 Å². The number of alkyl halides is 1. The van der Waals surface area contributed by atoms with Crippen LogP contribution in [0.2, 0.25) is 0 Å². The summed E-state index contributed by atoms with van der Waals surface area (Å²) in [5, 5.41) is 3.07. The average Bonchev–Trinajstić information content (AvgIpc) is 2.45. The van der Waals surface area contributed by atoms with Crippen LogP contribution in [0.1, 0.15) is 36.0 Å². The second-order valence-electron chi connectivity index (χ2n) is 5.15. The summed E-state index contributed by atoms with van der Waals surface area (Å²) >= 11 is 8.22. The molecule has 0 radical (unpaired) electrons. The molecule has 2 atom stereocenters. The van der Waals surface area contributed by atoms with E-state index in [1.807, 2.05) is 24.3 Å². The fourth-order valence-electron chi connectivity index (χ4n) is 2.72. The van der Waals surface area contributed by atoms with Gasteiger partial charge in [-0.3, -0.25) is 4.79 Å². The van der Waals surface area contributed by atoms with Gasteiger partial charge in [0.25, 0.3) is 5.91 Å². The van der Waals surface area contributed by atoms with Gasteiger partial charge in [-0.1, -0.05) is 25.0 Å². The van der Waals surface area contributed by atoms with Crippen LogP contribution in [-0.2, 0) is 0 Å². The highest BCUT2D eigenvalue weighted by atomic mass is 127. The first-order valence-corrected chi connectivity index (χ1v) is 8.42. The van der Waals surface area contributed by atoms with E-state index in [4.69, 9.17) is 11.6 Å². The van der Waals surface area contributed by atoms with Crippen LogP contribution in [0, 0.1) is 15.4 Å². The topological polar surface area (TPSA) is 29.1 Å².